The predicted molar refractivity (Wildman–Crippen MR) is 144 cm³/mol. The fourth-order valence-electron chi connectivity index (χ4n) is 4.60. The Morgan fingerprint density at radius 1 is 1.06 bits per heavy atom. The van der Waals surface area contributed by atoms with Gasteiger partial charge in [-0.3, -0.25) is 9.78 Å². The molecule has 188 valence electrons. The van der Waals surface area contributed by atoms with Crippen molar-refractivity contribution < 1.29 is 0 Å². The van der Waals surface area contributed by atoms with Gasteiger partial charge in [-0.25, -0.2) is 14.3 Å². The molecule has 2 N–H and O–H groups in total. The molecule has 1 aliphatic rings. The Labute approximate surface area is 211 Å². The van der Waals surface area contributed by atoms with Gasteiger partial charge in [0.25, 0.3) is 5.56 Å². The van der Waals surface area contributed by atoms with Crippen LogP contribution in [0.3, 0.4) is 0 Å². The van der Waals surface area contributed by atoms with Crippen LogP contribution in [0.15, 0.2) is 47.5 Å². The van der Waals surface area contributed by atoms with Crippen molar-refractivity contribution in [2.24, 2.45) is 5.41 Å². The maximum atomic E-state index is 13.2. The Kier molecular flexibility index (Phi) is 5.95. The highest BCUT2D eigenvalue weighted by Crippen LogP contribution is 2.40. The van der Waals surface area contributed by atoms with Gasteiger partial charge in [0.2, 0.25) is 5.95 Å². The third-order valence-electron chi connectivity index (χ3n) is 7.83. The number of nitrogens with one attached hydrogen (secondary N) is 2. The molecule has 1 aromatic carbocycles. The Morgan fingerprint density at radius 3 is 2.61 bits per heavy atom. The van der Waals surface area contributed by atoms with Crippen LogP contribution in [0, 0.1) is 5.41 Å². The summed E-state index contributed by atoms with van der Waals surface area (Å²) in [6, 6.07) is 10.4. The van der Waals surface area contributed by atoms with Crippen molar-refractivity contribution in [3.8, 4) is 5.69 Å². The quantitative estimate of drug-likeness (QED) is 0.426. The molecule has 0 atom stereocenters. The van der Waals surface area contributed by atoms with Gasteiger partial charge in [-0.1, -0.05) is 40.7 Å². The van der Waals surface area contributed by atoms with Crippen molar-refractivity contribution in [1.29, 1.82) is 0 Å². The Balaban J connectivity index is 1.60. The van der Waals surface area contributed by atoms with Crippen molar-refractivity contribution in [3.05, 3.63) is 69.9 Å². The number of nitrogens with zero attached hydrogens (tertiary/aromatic N) is 5. The van der Waals surface area contributed by atoms with Gasteiger partial charge in [0.15, 0.2) is 5.65 Å². The van der Waals surface area contributed by atoms with Crippen LogP contribution < -0.4 is 16.2 Å². The highest BCUT2D eigenvalue weighted by molar-refractivity contribution is 5.77. The van der Waals surface area contributed by atoms with Crippen molar-refractivity contribution in [3.63, 3.8) is 0 Å². The van der Waals surface area contributed by atoms with Crippen LogP contribution in [-0.4, -0.2) is 30.9 Å². The van der Waals surface area contributed by atoms with E-state index in [1.807, 2.05) is 29.9 Å². The first-order chi connectivity index (χ1) is 17.1. The van der Waals surface area contributed by atoms with E-state index in [9.17, 15) is 4.79 Å². The molecule has 0 radical (unpaired) electrons. The van der Waals surface area contributed by atoms with Gasteiger partial charge < -0.3 is 10.6 Å². The highest BCUT2D eigenvalue weighted by atomic mass is 16.1. The van der Waals surface area contributed by atoms with Gasteiger partial charge in [-0.2, -0.15) is 4.98 Å². The third kappa shape index (κ3) is 4.09. The average Bonchev–Trinajstić information content (AvgIpc) is 3.14. The Bertz CT molecular complexity index is 1490. The number of hydrogen-bond donors (Lipinski definition) is 2. The number of benzene rings is 1. The number of pyridine rings is 1. The first-order valence-corrected chi connectivity index (χ1v) is 12.6. The molecule has 8 nitrogen and oxygen atoms in total. The molecule has 0 saturated heterocycles. The lowest BCUT2D eigenvalue weighted by Crippen LogP contribution is -2.35. The molecule has 0 aliphatic carbocycles. The largest absolute Gasteiger partial charge is 0.324 e. The minimum atomic E-state index is -0.174. The molecule has 4 heterocycles. The van der Waals surface area contributed by atoms with Crippen LogP contribution in [0.4, 0.5) is 11.6 Å². The second kappa shape index (κ2) is 8.85. The van der Waals surface area contributed by atoms with Crippen LogP contribution in [0.25, 0.3) is 16.7 Å². The summed E-state index contributed by atoms with van der Waals surface area (Å²) in [5.41, 5.74) is 5.73. The molecular weight excluding hydrogens is 450 g/mol. The summed E-state index contributed by atoms with van der Waals surface area (Å²) in [6.07, 6.45) is 4.44. The summed E-state index contributed by atoms with van der Waals surface area (Å²) >= 11 is 0. The van der Waals surface area contributed by atoms with Crippen molar-refractivity contribution >= 4 is 22.7 Å². The number of anilines is 2. The molecule has 4 aromatic rings. The topological polar surface area (TPSA) is 89.7 Å². The van der Waals surface area contributed by atoms with Gasteiger partial charge in [0, 0.05) is 42.3 Å². The monoisotopic (exact) mass is 485 g/mol. The summed E-state index contributed by atoms with van der Waals surface area (Å²) in [4.78, 5) is 27.2. The molecule has 0 amide bonds. The zero-order valence-electron chi connectivity index (χ0n) is 22.0. The van der Waals surface area contributed by atoms with Crippen molar-refractivity contribution in [1.82, 2.24) is 29.6 Å². The molecule has 36 heavy (non-hydrogen) atoms. The van der Waals surface area contributed by atoms with E-state index in [1.165, 1.54) is 11.1 Å². The SMILES string of the molecule is CCn1c(=O)c2cnc(Nc3ccc4c(c3)CCNC4)nc2n1-c1ccnc(C(C)(C)C(C)(C)C)c1. The lowest BCUT2D eigenvalue weighted by Gasteiger charge is -2.38. The smallest absolute Gasteiger partial charge is 0.278 e. The standard InChI is InChI=1S/C28H35N7O/c1-7-34-25(36)22-17-31-26(32-20-9-8-19-16-29-12-10-18(19)14-20)33-24(22)35(34)21-11-13-30-23(15-21)28(5,6)27(2,3)4/h8-9,11,13-15,17,29H,7,10,12,16H2,1-6H3,(H,31,32,33). The van der Waals surface area contributed by atoms with Gasteiger partial charge in [-0.05, 0) is 60.7 Å². The normalized spacial score (nSPS) is 14.2. The van der Waals surface area contributed by atoms with Crippen LogP contribution in [-0.2, 0) is 24.9 Å². The molecule has 0 spiro atoms. The number of fused-ring (bicyclic) bond motifs is 2. The lowest BCUT2D eigenvalue weighted by atomic mass is 9.67. The van der Waals surface area contributed by atoms with E-state index in [2.05, 4.69) is 68.4 Å². The van der Waals surface area contributed by atoms with E-state index in [-0.39, 0.29) is 16.4 Å². The molecule has 0 bridgehead atoms. The fraction of sp³-hybridized carbons (Fsp3) is 0.429. The Hall–Kier alpha value is -3.52. The van der Waals surface area contributed by atoms with Gasteiger partial charge in [0.1, 0.15) is 5.39 Å². The molecule has 0 saturated carbocycles. The number of aromatic nitrogens is 5. The van der Waals surface area contributed by atoms with Crippen LogP contribution in [0.2, 0.25) is 0 Å². The van der Waals surface area contributed by atoms with Gasteiger partial charge in [0.05, 0.1) is 5.69 Å². The predicted octanol–water partition coefficient (Wildman–Crippen LogP) is 4.71. The summed E-state index contributed by atoms with van der Waals surface area (Å²) in [6.45, 7) is 15.4. The van der Waals surface area contributed by atoms with Gasteiger partial charge >= 0.3 is 0 Å². The van der Waals surface area contributed by atoms with E-state index < -0.39 is 0 Å². The maximum absolute atomic E-state index is 13.2. The second-order valence-electron chi connectivity index (χ2n) is 11.1. The summed E-state index contributed by atoms with van der Waals surface area (Å²) < 4.78 is 3.60. The third-order valence-corrected chi connectivity index (χ3v) is 7.83. The minimum absolute atomic E-state index is 0.00595. The molecule has 0 unspecified atom stereocenters. The van der Waals surface area contributed by atoms with E-state index in [4.69, 9.17) is 9.97 Å². The molecule has 0 fully saturated rings. The number of rotatable bonds is 5. The zero-order valence-corrected chi connectivity index (χ0v) is 22.0. The van der Waals surface area contributed by atoms with Crippen LogP contribution in [0.1, 0.15) is 58.4 Å². The highest BCUT2D eigenvalue weighted by Gasteiger charge is 2.36. The summed E-state index contributed by atoms with van der Waals surface area (Å²) in [5, 5.41) is 7.24. The van der Waals surface area contributed by atoms with E-state index in [1.54, 1.807) is 10.9 Å². The molecule has 3 aromatic heterocycles. The van der Waals surface area contributed by atoms with Crippen LogP contribution in [0.5, 0.6) is 0 Å². The summed E-state index contributed by atoms with van der Waals surface area (Å²) in [7, 11) is 0. The average molecular weight is 486 g/mol. The number of hydrogen-bond acceptors (Lipinski definition) is 6. The second-order valence-corrected chi connectivity index (χ2v) is 11.1. The lowest BCUT2D eigenvalue weighted by molar-refractivity contribution is 0.219. The minimum Gasteiger partial charge on any atom is -0.324 e. The van der Waals surface area contributed by atoms with Crippen molar-refractivity contribution in [2.45, 2.75) is 66.5 Å². The molecule has 1 aliphatic heterocycles. The first kappa shape index (κ1) is 24.2. The van der Waals surface area contributed by atoms with E-state index >= 15 is 0 Å². The zero-order chi connectivity index (χ0) is 25.7. The van der Waals surface area contributed by atoms with Gasteiger partial charge in [-0.15, -0.1) is 0 Å². The maximum Gasteiger partial charge on any atom is 0.278 e. The van der Waals surface area contributed by atoms with Crippen LogP contribution >= 0.6 is 0 Å². The fourth-order valence-corrected chi connectivity index (χ4v) is 4.60. The van der Waals surface area contributed by atoms with Crippen molar-refractivity contribution in [2.75, 3.05) is 11.9 Å². The Morgan fingerprint density at radius 2 is 1.86 bits per heavy atom. The molecular formula is C28H35N7O. The van der Waals surface area contributed by atoms with E-state index in [0.717, 1.165) is 36.6 Å². The summed E-state index contributed by atoms with van der Waals surface area (Å²) in [5.74, 6) is 0.461. The molecule has 5 rings (SSSR count). The van der Waals surface area contributed by atoms with E-state index in [0.29, 0.717) is 23.5 Å². The first-order valence-electron chi connectivity index (χ1n) is 12.6. The molecule has 8 heteroatoms.